The van der Waals surface area contributed by atoms with Crippen LogP contribution in [-0.4, -0.2) is 41.8 Å². The number of nitrogens with zero attached hydrogens (tertiary/aromatic N) is 3. The lowest BCUT2D eigenvalue weighted by Crippen LogP contribution is -2.30. The maximum atomic E-state index is 5.14. The average Bonchev–Trinajstić information content (AvgIpc) is 2.63. The van der Waals surface area contributed by atoms with E-state index in [9.17, 15) is 0 Å². The zero-order chi connectivity index (χ0) is 12.0. The Labute approximate surface area is 97.2 Å². The van der Waals surface area contributed by atoms with E-state index in [-0.39, 0.29) is 0 Å². The Bertz CT molecular complexity index is 300. The molecule has 0 fully saturated rings. The summed E-state index contributed by atoms with van der Waals surface area (Å²) in [6.07, 6.45) is 3.96. The highest BCUT2D eigenvalue weighted by molar-refractivity contribution is 4.95. The number of ether oxygens (including phenoxy) is 1. The molecular formula is C11H22N4O. The summed E-state index contributed by atoms with van der Waals surface area (Å²) < 4.78 is 6.88. The molecule has 0 aliphatic rings. The summed E-state index contributed by atoms with van der Waals surface area (Å²) in [6, 6.07) is 0.432. The molecule has 0 saturated heterocycles. The van der Waals surface area contributed by atoms with E-state index in [0.717, 1.165) is 25.1 Å². The first-order valence-electron chi connectivity index (χ1n) is 5.67. The Hall–Kier alpha value is -0.940. The fourth-order valence-corrected chi connectivity index (χ4v) is 1.88. The third kappa shape index (κ3) is 4.28. The van der Waals surface area contributed by atoms with Gasteiger partial charge in [-0.25, -0.2) is 0 Å². The first-order valence-corrected chi connectivity index (χ1v) is 5.67. The standard InChI is InChI=1S/C11H22N4O/c1-9(8-16-4)5-10(12-2)6-11-7-15(3)14-13-11/h7,9-10,12H,5-6,8H2,1-4H3. The summed E-state index contributed by atoms with van der Waals surface area (Å²) in [6.45, 7) is 3.00. The van der Waals surface area contributed by atoms with Gasteiger partial charge in [-0.3, -0.25) is 4.68 Å². The van der Waals surface area contributed by atoms with E-state index in [1.807, 2.05) is 20.3 Å². The van der Waals surface area contributed by atoms with Gasteiger partial charge in [-0.15, -0.1) is 5.10 Å². The number of nitrogens with one attached hydrogen (secondary N) is 1. The van der Waals surface area contributed by atoms with Gasteiger partial charge in [0.15, 0.2) is 0 Å². The lowest BCUT2D eigenvalue weighted by Gasteiger charge is -2.19. The van der Waals surface area contributed by atoms with Crippen LogP contribution < -0.4 is 5.32 Å². The van der Waals surface area contributed by atoms with Crippen LogP contribution in [0.15, 0.2) is 6.20 Å². The fourth-order valence-electron chi connectivity index (χ4n) is 1.88. The normalized spacial score (nSPS) is 15.0. The molecule has 92 valence electrons. The van der Waals surface area contributed by atoms with E-state index in [1.54, 1.807) is 11.8 Å². The van der Waals surface area contributed by atoms with Gasteiger partial charge in [-0.1, -0.05) is 12.1 Å². The van der Waals surface area contributed by atoms with E-state index >= 15 is 0 Å². The van der Waals surface area contributed by atoms with Crippen LogP contribution in [0.25, 0.3) is 0 Å². The largest absolute Gasteiger partial charge is 0.384 e. The SMILES string of the molecule is CNC(Cc1cn(C)nn1)CC(C)COC. The molecule has 5 nitrogen and oxygen atoms in total. The first kappa shape index (κ1) is 13.1. The topological polar surface area (TPSA) is 52.0 Å². The molecule has 0 amide bonds. The predicted octanol–water partition coefficient (Wildman–Crippen LogP) is 0.618. The molecule has 1 aromatic heterocycles. The maximum absolute atomic E-state index is 5.14. The van der Waals surface area contributed by atoms with Gasteiger partial charge in [-0.05, 0) is 19.4 Å². The smallest absolute Gasteiger partial charge is 0.0842 e. The highest BCUT2D eigenvalue weighted by atomic mass is 16.5. The third-order valence-corrected chi connectivity index (χ3v) is 2.65. The van der Waals surface area contributed by atoms with Gasteiger partial charge in [0.25, 0.3) is 0 Å². The van der Waals surface area contributed by atoms with Crippen molar-refractivity contribution in [3.05, 3.63) is 11.9 Å². The van der Waals surface area contributed by atoms with Gasteiger partial charge < -0.3 is 10.1 Å². The highest BCUT2D eigenvalue weighted by Gasteiger charge is 2.13. The van der Waals surface area contributed by atoms with Crippen LogP contribution in [-0.2, 0) is 18.2 Å². The lowest BCUT2D eigenvalue weighted by molar-refractivity contribution is 0.150. The zero-order valence-electron chi connectivity index (χ0n) is 10.6. The number of aromatic nitrogens is 3. The molecular weight excluding hydrogens is 204 g/mol. The Balaban J connectivity index is 2.42. The van der Waals surface area contributed by atoms with Crippen molar-refractivity contribution < 1.29 is 4.74 Å². The van der Waals surface area contributed by atoms with Crippen LogP contribution in [0.3, 0.4) is 0 Å². The predicted molar refractivity (Wildman–Crippen MR) is 63.2 cm³/mol. The van der Waals surface area contributed by atoms with E-state index < -0.39 is 0 Å². The van der Waals surface area contributed by atoms with Gasteiger partial charge in [0.05, 0.1) is 5.69 Å². The third-order valence-electron chi connectivity index (χ3n) is 2.65. The minimum absolute atomic E-state index is 0.432. The zero-order valence-corrected chi connectivity index (χ0v) is 10.6. The molecule has 1 rings (SSSR count). The molecule has 0 saturated carbocycles. The minimum Gasteiger partial charge on any atom is -0.384 e. The molecule has 1 N–H and O–H groups in total. The van der Waals surface area contributed by atoms with Gasteiger partial charge in [0, 0.05) is 39.4 Å². The van der Waals surface area contributed by atoms with Crippen LogP contribution in [0.1, 0.15) is 19.0 Å². The summed E-state index contributed by atoms with van der Waals surface area (Å²) in [5.74, 6) is 0.555. The molecule has 1 aromatic rings. The van der Waals surface area contributed by atoms with Crippen molar-refractivity contribution in [2.45, 2.75) is 25.8 Å². The second kappa shape index (κ2) is 6.60. The molecule has 16 heavy (non-hydrogen) atoms. The lowest BCUT2D eigenvalue weighted by atomic mass is 9.99. The summed E-state index contributed by atoms with van der Waals surface area (Å²) in [5, 5.41) is 11.3. The highest BCUT2D eigenvalue weighted by Crippen LogP contribution is 2.10. The van der Waals surface area contributed by atoms with Crippen molar-refractivity contribution in [2.24, 2.45) is 13.0 Å². The monoisotopic (exact) mass is 226 g/mol. The van der Waals surface area contributed by atoms with Crippen molar-refractivity contribution in [3.8, 4) is 0 Å². The second-order valence-electron chi connectivity index (χ2n) is 4.37. The maximum Gasteiger partial charge on any atom is 0.0842 e. The Morgan fingerprint density at radius 1 is 1.56 bits per heavy atom. The van der Waals surface area contributed by atoms with Crippen molar-refractivity contribution in [1.82, 2.24) is 20.3 Å². The minimum atomic E-state index is 0.432. The summed E-state index contributed by atoms with van der Waals surface area (Å²) in [7, 11) is 5.62. The van der Waals surface area contributed by atoms with Crippen molar-refractivity contribution in [1.29, 1.82) is 0 Å². The van der Waals surface area contributed by atoms with Gasteiger partial charge in [0.1, 0.15) is 0 Å². The van der Waals surface area contributed by atoms with E-state index in [2.05, 4.69) is 22.6 Å². The number of likely N-dealkylation sites (N-methyl/N-ethyl adjacent to an activating group) is 1. The molecule has 0 radical (unpaired) electrons. The van der Waals surface area contributed by atoms with E-state index in [4.69, 9.17) is 4.74 Å². The van der Waals surface area contributed by atoms with Crippen LogP contribution in [0.4, 0.5) is 0 Å². The Morgan fingerprint density at radius 3 is 2.81 bits per heavy atom. The van der Waals surface area contributed by atoms with Gasteiger partial charge in [0.2, 0.25) is 0 Å². The van der Waals surface area contributed by atoms with Crippen molar-refractivity contribution in [2.75, 3.05) is 20.8 Å². The van der Waals surface area contributed by atoms with E-state index in [0.29, 0.717) is 12.0 Å². The molecule has 2 atom stereocenters. The molecule has 0 spiro atoms. The van der Waals surface area contributed by atoms with Crippen molar-refractivity contribution >= 4 is 0 Å². The molecule has 1 heterocycles. The number of aryl methyl sites for hydroxylation is 1. The fraction of sp³-hybridized carbons (Fsp3) is 0.818. The molecule has 0 bridgehead atoms. The van der Waals surface area contributed by atoms with Crippen molar-refractivity contribution in [3.63, 3.8) is 0 Å². The molecule has 0 aromatic carbocycles. The van der Waals surface area contributed by atoms with Gasteiger partial charge >= 0.3 is 0 Å². The van der Waals surface area contributed by atoms with Crippen LogP contribution in [0, 0.1) is 5.92 Å². The quantitative estimate of drug-likeness (QED) is 0.740. The molecule has 2 unspecified atom stereocenters. The average molecular weight is 226 g/mol. The molecule has 5 heteroatoms. The Morgan fingerprint density at radius 2 is 2.31 bits per heavy atom. The van der Waals surface area contributed by atoms with E-state index in [1.165, 1.54) is 0 Å². The number of methoxy groups -OCH3 is 1. The summed E-state index contributed by atoms with van der Waals surface area (Å²) in [5.41, 5.74) is 1.03. The van der Waals surface area contributed by atoms with Crippen LogP contribution in [0.5, 0.6) is 0 Å². The first-order chi connectivity index (χ1) is 7.65. The number of hydrogen-bond acceptors (Lipinski definition) is 4. The molecule has 0 aliphatic heterocycles. The van der Waals surface area contributed by atoms with Gasteiger partial charge in [-0.2, -0.15) is 0 Å². The number of hydrogen-bond donors (Lipinski definition) is 1. The molecule has 0 aliphatic carbocycles. The summed E-state index contributed by atoms with van der Waals surface area (Å²) >= 11 is 0. The van der Waals surface area contributed by atoms with Crippen LogP contribution >= 0.6 is 0 Å². The second-order valence-corrected chi connectivity index (χ2v) is 4.37. The Kier molecular flexibility index (Phi) is 5.42. The number of rotatable bonds is 7. The van der Waals surface area contributed by atoms with Crippen LogP contribution in [0.2, 0.25) is 0 Å². The summed E-state index contributed by atoms with van der Waals surface area (Å²) in [4.78, 5) is 0.